The zero-order valence-corrected chi connectivity index (χ0v) is 14.4. The molecule has 0 bridgehead atoms. The number of rotatable bonds is 6. The lowest BCUT2D eigenvalue weighted by atomic mass is 10.2. The van der Waals surface area contributed by atoms with Gasteiger partial charge in [0.05, 0.1) is 5.75 Å². The standard InChI is InChI=1S/C14H20BrNO3S/c1-4-16(11(3)10-20(18,19)5-2)14(17)12-6-8-13(15)9-7-12/h6-9,11H,4-5,10H2,1-3H3/t11-/m1/s1. The lowest BCUT2D eigenvalue weighted by molar-refractivity contribution is 0.0719. The summed E-state index contributed by atoms with van der Waals surface area (Å²) >= 11 is 3.32. The highest BCUT2D eigenvalue weighted by Gasteiger charge is 2.24. The third-order valence-corrected chi connectivity index (χ3v) is 5.56. The van der Waals surface area contributed by atoms with Gasteiger partial charge in [0, 0.05) is 28.4 Å². The maximum absolute atomic E-state index is 12.4. The van der Waals surface area contributed by atoms with Gasteiger partial charge in [-0.05, 0) is 38.1 Å². The summed E-state index contributed by atoms with van der Waals surface area (Å²) in [6.07, 6.45) is 0. The monoisotopic (exact) mass is 361 g/mol. The summed E-state index contributed by atoms with van der Waals surface area (Å²) in [6, 6.07) is 6.73. The minimum Gasteiger partial charge on any atom is -0.335 e. The van der Waals surface area contributed by atoms with E-state index in [4.69, 9.17) is 0 Å². The fraction of sp³-hybridized carbons (Fsp3) is 0.500. The highest BCUT2D eigenvalue weighted by atomic mass is 79.9. The molecule has 1 amide bonds. The number of halogens is 1. The second-order valence-corrected chi connectivity index (χ2v) is 7.96. The van der Waals surface area contributed by atoms with Crippen molar-refractivity contribution in [3.8, 4) is 0 Å². The molecule has 0 fully saturated rings. The van der Waals surface area contributed by atoms with E-state index in [0.29, 0.717) is 12.1 Å². The first-order chi connectivity index (χ1) is 9.30. The quantitative estimate of drug-likeness (QED) is 0.782. The minimum atomic E-state index is -3.10. The van der Waals surface area contributed by atoms with E-state index >= 15 is 0 Å². The number of nitrogens with zero attached hydrogens (tertiary/aromatic N) is 1. The third kappa shape index (κ3) is 4.59. The van der Waals surface area contributed by atoms with Gasteiger partial charge in [-0.3, -0.25) is 4.79 Å². The first kappa shape index (κ1) is 17.2. The summed E-state index contributed by atoms with van der Waals surface area (Å²) in [5, 5.41) is 0. The Morgan fingerprint density at radius 2 is 1.80 bits per heavy atom. The molecule has 1 aromatic carbocycles. The minimum absolute atomic E-state index is 0.000389. The molecule has 20 heavy (non-hydrogen) atoms. The second kappa shape index (κ2) is 7.22. The molecule has 6 heteroatoms. The Morgan fingerprint density at radius 1 is 1.25 bits per heavy atom. The topological polar surface area (TPSA) is 54.5 Å². The third-order valence-electron chi connectivity index (χ3n) is 3.16. The van der Waals surface area contributed by atoms with Crippen molar-refractivity contribution < 1.29 is 13.2 Å². The lowest BCUT2D eigenvalue weighted by Gasteiger charge is -2.28. The van der Waals surface area contributed by atoms with Gasteiger partial charge in [-0.2, -0.15) is 0 Å². The Morgan fingerprint density at radius 3 is 2.25 bits per heavy atom. The van der Waals surface area contributed by atoms with E-state index < -0.39 is 9.84 Å². The van der Waals surface area contributed by atoms with E-state index in [2.05, 4.69) is 15.9 Å². The highest BCUT2D eigenvalue weighted by Crippen LogP contribution is 2.14. The van der Waals surface area contributed by atoms with Crippen LogP contribution in [0.2, 0.25) is 0 Å². The van der Waals surface area contributed by atoms with E-state index in [0.717, 1.165) is 4.47 Å². The molecule has 1 rings (SSSR count). The molecule has 0 aromatic heterocycles. The zero-order valence-electron chi connectivity index (χ0n) is 12.0. The number of carbonyl (C=O) groups excluding carboxylic acids is 1. The van der Waals surface area contributed by atoms with Crippen LogP contribution < -0.4 is 0 Å². The molecule has 0 N–H and O–H groups in total. The Balaban J connectivity index is 2.89. The van der Waals surface area contributed by atoms with Crippen LogP contribution >= 0.6 is 15.9 Å². The van der Waals surface area contributed by atoms with Gasteiger partial charge in [0.1, 0.15) is 0 Å². The van der Waals surface area contributed by atoms with E-state index in [9.17, 15) is 13.2 Å². The van der Waals surface area contributed by atoms with Gasteiger partial charge < -0.3 is 4.90 Å². The molecule has 1 atom stereocenters. The molecular formula is C14H20BrNO3S. The van der Waals surface area contributed by atoms with Crippen LogP contribution in [0.5, 0.6) is 0 Å². The Labute approximate surface area is 129 Å². The summed E-state index contributed by atoms with van der Waals surface area (Å²) in [7, 11) is -3.10. The van der Waals surface area contributed by atoms with Crippen LogP contribution in [0.1, 0.15) is 31.1 Å². The van der Waals surface area contributed by atoms with Gasteiger partial charge in [0.15, 0.2) is 9.84 Å². The number of sulfone groups is 1. The van der Waals surface area contributed by atoms with Crippen molar-refractivity contribution in [1.82, 2.24) is 4.90 Å². The molecule has 0 spiro atoms. The van der Waals surface area contributed by atoms with Crippen molar-refractivity contribution in [2.24, 2.45) is 0 Å². The van der Waals surface area contributed by atoms with Gasteiger partial charge in [0.25, 0.3) is 5.91 Å². The van der Waals surface area contributed by atoms with E-state index in [-0.39, 0.29) is 23.5 Å². The average molecular weight is 362 g/mol. The first-order valence-corrected chi connectivity index (χ1v) is 9.19. The molecule has 1 aromatic rings. The maximum Gasteiger partial charge on any atom is 0.254 e. The average Bonchev–Trinajstić information content (AvgIpc) is 2.39. The predicted molar refractivity (Wildman–Crippen MR) is 84.6 cm³/mol. The summed E-state index contributed by atoms with van der Waals surface area (Å²) in [5.41, 5.74) is 0.566. The maximum atomic E-state index is 12.4. The van der Waals surface area contributed by atoms with Crippen molar-refractivity contribution in [2.45, 2.75) is 26.8 Å². The van der Waals surface area contributed by atoms with Gasteiger partial charge in [-0.1, -0.05) is 22.9 Å². The van der Waals surface area contributed by atoms with E-state index in [1.54, 1.807) is 43.0 Å². The van der Waals surface area contributed by atoms with Crippen molar-refractivity contribution in [3.05, 3.63) is 34.3 Å². The van der Waals surface area contributed by atoms with Crippen LogP contribution in [-0.2, 0) is 9.84 Å². The molecule has 0 aliphatic rings. The molecule has 0 saturated carbocycles. The van der Waals surface area contributed by atoms with Crippen LogP contribution in [0.4, 0.5) is 0 Å². The summed E-state index contributed by atoms with van der Waals surface area (Å²) < 4.78 is 24.3. The molecule has 0 aliphatic carbocycles. The van der Waals surface area contributed by atoms with Crippen molar-refractivity contribution in [1.29, 1.82) is 0 Å². The van der Waals surface area contributed by atoms with Crippen LogP contribution in [0.3, 0.4) is 0 Å². The molecule has 4 nitrogen and oxygen atoms in total. The van der Waals surface area contributed by atoms with Gasteiger partial charge >= 0.3 is 0 Å². The summed E-state index contributed by atoms with van der Waals surface area (Å²) in [5.74, 6) is -0.0418. The van der Waals surface area contributed by atoms with Crippen LogP contribution in [0.25, 0.3) is 0 Å². The number of amides is 1. The lowest BCUT2D eigenvalue weighted by Crippen LogP contribution is -2.42. The summed E-state index contributed by atoms with van der Waals surface area (Å²) in [6.45, 7) is 5.73. The largest absolute Gasteiger partial charge is 0.335 e. The fourth-order valence-corrected chi connectivity index (χ4v) is 3.40. The Bertz CT molecular complexity index is 554. The normalized spacial score (nSPS) is 13.0. The number of benzene rings is 1. The van der Waals surface area contributed by atoms with Crippen molar-refractivity contribution >= 4 is 31.7 Å². The summed E-state index contributed by atoms with van der Waals surface area (Å²) in [4.78, 5) is 14.0. The zero-order chi connectivity index (χ0) is 15.3. The van der Waals surface area contributed by atoms with Crippen LogP contribution in [-0.4, -0.2) is 43.3 Å². The molecule has 0 radical (unpaired) electrons. The Hall–Kier alpha value is -0.880. The van der Waals surface area contributed by atoms with Crippen molar-refractivity contribution in [2.75, 3.05) is 18.1 Å². The fourth-order valence-electron chi connectivity index (χ4n) is 1.99. The Kier molecular flexibility index (Phi) is 6.20. The molecule has 0 unspecified atom stereocenters. The first-order valence-electron chi connectivity index (χ1n) is 6.57. The van der Waals surface area contributed by atoms with E-state index in [1.807, 2.05) is 6.92 Å². The number of carbonyl (C=O) groups is 1. The molecule has 0 heterocycles. The second-order valence-electron chi connectivity index (χ2n) is 4.65. The number of hydrogen-bond donors (Lipinski definition) is 0. The van der Waals surface area contributed by atoms with Crippen LogP contribution in [0, 0.1) is 0 Å². The van der Waals surface area contributed by atoms with Gasteiger partial charge in [-0.25, -0.2) is 8.42 Å². The van der Waals surface area contributed by atoms with Gasteiger partial charge in [-0.15, -0.1) is 0 Å². The van der Waals surface area contributed by atoms with Gasteiger partial charge in [0.2, 0.25) is 0 Å². The number of hydrogen-bond acceptors (Lipinski definition) is 3. The SMILES string of the molecule is CCN(C(=O)c1ccc(Br)cc1)[C@H](C)CS(=O)(=O)CC. The van der Waals surface area contributed by atoms with E-state index in [1.165, 1.54) is 0 Å². The van der Waals surface area contributed by atoms with Crippen molar-refractivity contribution in [3.63, 3.8) is 0 Å². The van der Waals surface area contributed by atoms with Crippen LogP contribution in [0.15, 0.2) is 28.7 Å². The predicted octanol–water partition coefficient (Wildman–Crippen LogP) is 2.73. The smallest absolute Gasteiger partial charge is 0.254 e. The molecule has 0 saturated heterocycles. The molecule has 112 valence electrons. The molecular weight excluding hydrogens is 342 g/mol. The highest BCUT2D eigenvalue weighted by molar-refractivity contribution is 9.10. The molecule has 0 aliphatic heterocycles.